The van der Waals surface area contributed by atoms with Crippen LogP contribution in [0.4, 0.5) is 4.79 Å². The fraction of sp³-hybridized carbons (Fsp3) is 0.714. The fourth-order valence-corrected chi connectivity index (χ4v) is 2.73. The molecule has 1 aliphatic heterocycles. The Balaban J connectivity index is 2.00. The predicted molar refractivity (Wildman–Crippen MR) is 80.5 cm³/mol. The van der Waals surface area contributed by atoms with Crippen LogP contribution in [0.15, 0.2) is 6.20 Å². The number of amides is 1. The molecular weight excluding hydrogens is 310 g/mol. The molecule has 124 valence electrons. The molecule has 0 radical (unpaired) electrons. The van der Waals surface area contributed by atoms with Gasteiger partial charge in [0, 0.05) is 13.1 Å². The molecule has 1 aromatic rings. The lowest BCUT2D eigenvalue weighted by Crippen LogP contribution is -2.42. The first-order chi connectivity index (χ1) is 10.2. The van der Waals surface area contributed by atoms with Gasteiger partial charge in [0.05, 0.1) is 17.3 Å². The third-order valence-corrected chi connectivity index (χ3v) is 3.78. The average Bonchev–Trinajstić information content (AvgIpc) is 2.79. The normalized spacial score (nSPS) is 17.1. The summed E-state index contributed by atoms with van der Waals surface area (Å²) in [5.41, 5.74) is -0.324. The van der Waals surface area contributed by atoms with Crippen molar-refractivity contribution in [2.24, 2.45) is 0 Å². The maximum Gasteiger partial charge on any atom is 0.410 e. The maximum absolute atomic E-state index is 12.0. The summed E-state index contributed by atoms with van der Waals surface area (Å²) in [5, 5.41) is 23.1. The van der Waals surface area contributed by atoms with E-state index in [0.717, 1.165) is 0 Å². The van der Waals surface area contributed by atoms with Crippen LogP contribution in [0.2, 0.25) is 5.02 Å². The van der Waals surface area contributed by atoms with Crippen LogP contribution in [0.25, 0.3) is 0 Å². The molecule has 1 amide bonds. The zero-order chi connectivity index (χ0) is 16.5. The van der Waals surface area contributed by atoms with Crippen LogP contribution in [0, 0.1) is 0 Å². The number of aliphatic hydroxyl groups excluding tert-OH is 1. The smallest absolute Gasteiger partial charge is 0.410 e. The molecule has 2 N–H and O–H groups in total. The summed E-state index contributed by atoms with van der Waals surface area (Å²) in [6, 6.07) is -0.0250. The molecule has 0 atom stereocenters. The molecule has 2 rings (SSSR count). The SMILES string of the molecule is CC(C)(C)OC(=O)N1CCC(n2ncc(Cl)c2C(O)O)CC1. The highest BCUT2D eigenvalue weighted by Gasteiger charge is 2.30. The van der Waals surface area contributed by atoms with E-state index in [-0.39, 0.29) is 22.9 Å². The highest BCUT2D eigenvalue weighted by molar-refractivity contribution is 6.31. The monoisotopic (exact) mass is 331 g/mol. The number of likely N-dealkylation sites (tertiary alicyclic amines) is 1. The lowest BCUT2D eigenvalue weighted by atomic mass is 10.1. The summed E-state index contributed by atoms with van der Waals surface area (Å²) in [5.74, 6) is 0. The largest absolute Gasteiger partial charge is 0.444 e. The van der Waals surface area contributed by atoms with Gasteiger partial charge >= 0.3 is 6.09 Å². The fourth-order valence-electron chi connectivity index (χ4n) is 2.50. The minimum atomic E-state index is -1.67. The van der Waals surface area contributed by atoms with Crippen molar-refractivity contribution in [1.82, 2.24) is 14.7 Å². The highest BCUT2D eigenvalue weighted by Crippen LogP contribution is 2.29. The quantitative estimate of drug-likeness (QED) is 0.810. The van der Waals surface area contributed by atoms with Crippen LogP contribution >= 0.6 is 11.6 Å². The number of piperidine rings is 1. The summed E-state index contributed by atoms with van der Waals surface area (Å²) >= 11 is 5.92. The molecule has 0 bridgehead atoms. The van der Waals surface area contributed by atoms with E-state index >= 15 is 0 Å². The van der Waals surface area contributed by atoms with Gasteiger partial charge in [0.1, 0.15) is 11.3 Å². The van der Waals surface area contributed by atoms with Crippen molar-refractivity contribution in [3.05, 3.63) is 16.9 Å². The maximum atomic E-state index is 12.0. The van der Waals surface area contributed by atoms with Gasteiger partial charge < -0.3 is 19.8 Å². The van der Waals surface area contributed by atoms with E-state index in [1.807, 2.05) is 20.8 Å². The van der Waals surface area contributed by atoms with Crippen molar-refractivity contribution < 1.29 is 19.7 Å². The molecule has 0 saturated carbocycles. The minimum Gasteiger partial charge on any atom is -0.444 e. The molecule has 1 aliphatic rings. The van der Waals surface area contributed by atoms with E-state index in [1.165, 1.54) is 6.20 Å². The summed E-state index contributed by atoms with van der Waals surface area (Å²) in [7, 11) is 0. The van der Waals surface area contributed by atoms with Gasteiger partial charge in [0.15, 0.2) is 6.29 Å². The Morgan fingerprint density at radius 3 is 2.50 bits per heavy atom. The van der Waals surface area contributed by atoms with Crippen LogP contribution in [-0.2, 0) is 4.74 Å². The number of aliphatic hydroxyl groups is 2. The van der Waals surface area contributed by atoms with Gasteiger partial charge in [0.2, 0.25) is 0 Å². The molecule has 8 heteroatoms. The Kier molecular flexibility index (Phi) is 4.99. The number of hydrogen-bond donors (Lipinski definition) is 2. The van der Waals surface area contributed by atoms with Gasteiger partial charge in [-0.15, -0.1) is 0 Å². The summed E-state index contributed by atoms with van der Waals surface area (Å²) in [6.45, 7) is 6.55. The lowest BCUT2D eigenvalue weighted by molar-refractivity contribution is -0.0510. The number of ether oxygens (including phenoxy) is 1. The Morgan fingerprint density at radius 2 is 2.00 bits per heavy atom. The zero-order valence-electron chi connectivity index (χ0n) is 13.0. The second kappa shape index (κ2) is 6.44. The number of hydrogen-bond acceptors (Lipinski definition) is 5. The zero-order valence-corrected chi connectivity index (χ0v) is 13.7. The number of carbonyl (C=O) groups is 1. The molecule has 1 saturated heterocycles. The van der Waals surface area contributed by atoms with Crippen LogP contribution in [0.3, 0.4) is 0 Å². The first-order valence-corrected chi connectivity index (χ1v) is 7.64. The molecule has 7 nitrogen and oxygen atoms in total. The molecule has 0 spiro atoms. The van der Waals surface area contributed by atoms with Gasteiger partial charge in [0.25, 0.3) is 0 Å². The van der Waals surface area contributed by atoms with Gasteiger partial charge in [-0.1, -0.05) is 11.6 Å². The van der Waals surface area contributed by atoms with E-state index in [0.29, 0.717) is 25.9 Å². The molecular formula is C14H22ClN3O4. The molecule has 2 heterocycles. The molecule has 0 unspecified atom stereocenters. The van der Waals surface area contributed by atoms with Gasteiger partial charge in [-0.3, -0.25) is 4.68 Å². The number of aromatic nitrogens is 2. The van der Waals surface area contributed by atoms with E-state index < -0.39 is 11.9 Å². The second-order valence-corrected chi connectivity index (χ2v) is 6.80. The Bertz CT molecular complexity index is 531. The third-order valence-electron chi connectivity index (χ3n) is 3.49. The van der Waals surface area contributed by atoms with Crippen LogP contribution in [0.5, 0.6) is 0 Å². The van der Waals surface area contributed by atoms with E-state index in [4.69, 9.17) is 16.3 Å². The average molecular weight is 332 g/mol. The molecule has 0 aromatic carbocycles. The molecule has 1 fully saturated rings. The molecule has 1 aromatic heterocycles. The van der Waals surface area contributed by atoms with E-state index in [2.05, 4.69) is 5.10 Å². The van der Waals surface area contributed by atoms with Crippen LogP contribution in [-0.4, -0.2) is 49.7 Å². The number of nitrogens with zero attached hydrogens (tertiary/aromatic N) is 3. The van der Waals surface area contributed by atoms with E-state index in [1.54, 1.807) is 9.58 Å². The summed E-state index contributed by atoms with van der Waals surface area (Å²) < 4.78 is 6.89. The van der Waals surface area contributed by atoms with Gasteiger partial charge in [-0.05, 0) is 33.6 Å². The second-order valence-electron chi connectivity index (χ2n) is 6.39. The highest BCUT2D eigenvalue weighted by atomic mass is 35.5. The van der Waals surface area contributed by atoms with Crippen LogP contribution < -0.4 is 0 Å². The van der Waals surface area contributed by atoms with E-state index in [9.17, 15) is 15.0 Å². The molecule has 22 heavy (non-hydrogen) atoms. The Labute approximate surface area is 134 Å². The first-order valence-electron chi connectivity index (χ1n) is 7.26. The van der Waals surface area contributed by atoms with Gasteiger partial charge in [-0.2, -0.15) is 5.10 Å². The lowest BCUT2D eigenvalue weighted by Gasteiger charge is -2.34. The number of halogens is 1. The number of carbonyl (C=O) groups excluding carboxylic acids is 1. The van der Waals surface area contributed by atoms with Crippen molar-refractivity contribution in [1.29, 1.82) is 0 Å². The third kappa shape index (κ3) is 3.91. The Hall–Kier alpha value is -1.31. The van der Waals surface area contributed by atoms with Crippen molar-refractivity contribution in [3.8, 4) is 0 Å². The van der Waals surface area contributed by atoms with Crippen molar-refractivity contribution >= 4 is 17.7 Å². The molecule has 0 aliphatic carbocycles. The summed E-state index contributed by atoms with van der Waals surface area (Å²) in [4.78, 5) is 13.7. The Morgan fingerprint density at radius 1 is 1.41 bits per heavy atom. The predicted octanol–water partition coefficient (Wildman–Crippen LogP) is 2.09. The number of rotatable bonds is 2. The van der Waals surface area contributed by atoms with Crippen molar-refractivity contribution in [2.45, 2.75) is 51.5 Å². The standard InChI is InChI=1S/C14H22ClN3O4/c1-14(2,3)22-13(21)17-6-4-9(5-7-17)18-11(12(19)20)10(15)8-16-18/h8-9,12,19-20H,4-7H2,1-3H3. The van der Waals surface area contributed by atoms with Crippen molar-refractivity contribution in [3.63, 3.8) is 0 Å². The summed E-state index contributed by atoms with van der Waals surface area (Å²) in [6.07, 6.45) is 0.704. The minimum absolute atomic E-state index is 0.0250. The van der Waals surface area contributed by atoms with Crippen molar-refractivity contribution in [2.75, 3.05) is 13.1 Å². The van der Waals surface area contributed by atoms with Gasteiger partial charge in [-0.25, -0.2) is 4.79 Å². The topological polar surface area (TPSA) is 87.8 Å². The van der Waals surface area contributed by atoms with Crippen LogP contribution in [0.1, 0.15) is 51.6 Å². The first kappa shape index (κ1) is 17.1.